The van der Waals surface area contributed by atoms with E-state index in [1.54, 1.807) is 0 Å². The molecule has 0 aliphatic carbocycles. The average Bonchev–Trinajstić information content (AvgIpc) is 2.91. The van der Waals surface area contributed by atoms with Crippen LogP contribution < -0.4 is 4.74 Å². The van der Waals surface area contributed by atoms with Crippen LogP contribution in [0, 0.1) is 0 Å². The SMILES string of the molecule is CCCCCc1cccc(-c2ccccc2)c1Oc1c(CCCCC)cccc1-c1ccccc1. The maximum absolute atomic E-state index is 7.07. The zero-order chi connectivity index (χ0) is 24.3. The van der Waals surface area contributed by atoms with Gasteiger partial charge in [0.15, 0.2) is 0 Å². The Morgan fingerprint density at radius 2 is 0.886 bits per heavy atom. The fourth-order valence-electron chi connectivity index (χ4n) is 4.73. The van der Waals surface area contributed by atoms with Crippen LogP contribution in [0.2, 0.25) is 0 Å². The summed E-state index contributed by atoms with van der Waals surface area (Å²) in [6.45, 7) is 4.52. The zero-order valence-electron chi connectivity index (χ0n) is 21.3. The van der Waals surface area contributed by atoms with Gasteiger partial charge >= 0.3 is 0 Å². The number of aryl methyl sites for hydroxylation is 2. The predicted octanol–water partition coefficient (Wildman–Crippen LogP) is 10.3. The van der Waals surface area contributed by atoms with Gasteiger partial charge in [-0.3, -0.25) is 0 Å². The normalized spacial score (nSPS) is 10.9. The first-order chi connectivity index (χ1) is 17.3. The highest BCUT2D eigenvalue weighted by molar-refractivity contribution is 5.76. The van der Waals surface area contributed by atoms with Gasteiger partial charge in [-0.1, -0.05) is 137 Å². The molecule has 0 saturated carbocycles. The molecule has 0 amide bonds. The molecule has 4 aromatic carbocycles. The summed E-state index contributed by atoms with van der Waals surface area (Å²) in [6.07, 6.45) is 9.31. The van der Waals surface area contributed by atoms with Crippen molar-refractivity contribution in [3.63, 3.8) is 0 Å². The van der Waals surface area contributed by atoms with Gasteiger partial charge in [0.05, 0.1) is 0 Å². The van der Waals surface area contributed by atoms with Gasteiger partial charge in [0, 0.05) is 11.1 Å². The van der Waals surface area contributed by atoms with Gasteiger partial charge in [-0.15, -0.1) is 0 Å². The van der Waals surface area contributed by atoms with Gasteiger partial charge < -0.3 is 4.74 Å². The van der Waals surface area contributed by atoms with Crippen molar-refractivity contribution in [2.45, 2.75) is 65.2 Å². The maximum atomic E-state index is 7.07. The Kier molecular flexibility index (Phi) is 9.17. The Morgan fingerprint density at radius 3 is 1.29 bits per heavy atom. The van der Waals surface area contributed by atoms with E-state index in [-0.39, 0.29) is 0 Å². The molecule has 0 spiro atoms. The second-order valence-corrected chi connectivity index (χ2v) is 9.34. The standard InChI is InChI=1S/C34H38O/c1-3-5-9-21-29-23-15-25-31(27-17-11-7-12-18-27)33(29)35-34-30(22-10-6-4-2)24-16-26-32(34)28-19-13-8-14-20-28/h7-8,11-20,23-26H,3-6,9-10,21-22H2,1-2H3. The zero-order valence-corrected chi connectivity index (χ0v) is 21.3. The van der Waals surface area contributed by atoms with Crippen LogP contribution in [0.3, 0.4) is 0 Å². The van der Waals surface area contributed by atoms with E-state index in [4.69, 9.17) is 4.74 Å². The Bertz CT molecular complexity index is 1080. The van der Waals surface area contributed by atoms with Crippen LogP contribution >= 0.6 is 0 Å². The van der Waals surface area contributed by atoms with Crippen LogP contribution in [0.1, 0.15) is 63.5 Å². The molecule has 1 nitrogen and oxygen atoms in total. The molecule has 0 N–H and O–H groups in total. The summed E-state index contributed by atoms with van der Waals surface area (Å²) in [7, 11) is 0. The van der Waals surface area contributed by atoms with E-state index in [0.29, 0.717) is 0 Å². The quantitative estimate of drug-likeness (QED) is 0.190. The number of hydrogen-bond donors (Lipinski definition) is 0. The van der Waals surface area contributed by atoms with Crippen LogP contribution in [0.5, 0.6) is 11.5 Å². The first-order valence-electron chi connectivity index (χ1n) is 13.3. The highest BCUT2D eigenvalue weighted by atomic mass is 16.5. The lowest BCUT2D eigenvalue weighted by molar-refractivity contribution is 0.470. The molecule has 1 heteroatoms. The molecular formula is C34H38O. The summed E-state index contributed by atoms with van der Waals surface area (Å²) in [4.78, 5) is 0. The molecule has 0 unspecified atom stereocenters. The third-order valence-corrected chi connectivity index (χ3v) is 6.67. The first kappa shape index (κ1) is 24.8. The van der Waals surface area contributed by atoms with E-state index in [9.17, 15) is 0 Å². The van der Waals surface area contributed by atoms with Crippen molar-refractivity contribution in [2.24, 2.45) is 0 Å². The van der Waals surface area contributed by atoms with Gasteiger partial charge in [0.25, 0.3) is 0 Å². The van der Waals surface area contributed by atoms with Crippen molar-refractivity contribution in [3.8, 4) is 33.8 Å². The Labute approximate surface area is 211 Å². The summed E-state index contributed by atoms with van der Waals surface area (Å²) in [6, 6.07) is 34.6. The van der Waals surface area contributed by atoms with Crippen molar-refractivity contribution in [2.75, 3.05) is 0 Å². The number of rotatable bonds is 12. The number of hydrogen-bond acceptors (Lipinski definition) is 1. The lowest BCUT2D eigenvalue weighted by atomic mass is 9.96. The third kappa shape index (κ3) is 6.42. The number of para-hydroxylation sites is 2. The molecule has 0 saturated heterocycles. The van der Waals surface area contributed by atoms with Crippen LogP contribution in [0.15, 0.2) is 97.1 Å². The fraction of sp³-hybridized carbons (Fsp3) is 0.294. The minimum absolute atomic E-state index is 1.01. The van der Waals surface area contributed by atoms with Gasteiger partial charge in [-0.25, -0.2) is 0 Å². The topological polar surface area (TPSA) is 9.23 Å². The molecule has 0 aliphatic rings. The minimum Gasteiger partial charge on any atom is -0.455 e. The van der Waals surface area contributed by atoms with Crippen molar-refractivity contribution in [1.29, 1.82) is 0 Å². The minimum atomic E-state index is 1.01. The highest BCUT2D eigenvalue weighted by Crippen LogP contribution is 2.42. The van der Waals surface area contributed by atoms with E-state index < -0.39 is 0 Å². The summed E-state index contributed by atoms with van der Waals surface area (Å²) < 4.78 is 7.07. The second-order valence-electron chi connectivity index (χ2n) is 9.34. The van der Waals surface area contributed by atoms with E-state index >= 15 is 0 Å². The number of unbranched alkanes of at least 4 members (excludes halogenated alkanes) is 4. The first-order valence-corrected chi connectivity index (χ1v) is 13.3. The Balaban J connectivity index is 1.83. The molecule has 0 aliphatic heterocycles. The monoisotopic (exact) mass is 462 g/mol. The predicted molar refractivity (Wildman–Crippen MR) is 150 cm³/mol. The van der Waals surface area contributed by atoms with Gasteiger partial charge in [-0.2, -0.15) is 0 Å². The molecular weight excluding hydrogens is 424 g/mol. The van der Waals surface area contributed by atoms with Crippen molar-refractivity contribution < 1.29 is 4.74 Å². The van der Waals surface area contributed by atoms with E-state index in [1.165, 1.54) is 71.9 Å². The van der Waals surface area contributed by atoms with E-state index in [1.807, 2.05) is 0 Å². The summed E-state index contributed by atoms with van der Waals surface area (Å²) in [5, 5.41) is 0. The number of ether oxygens (including phenoxy) is 1. The van der Waals surface area contributed by atoms with Gasteiger partial charge in [0.2, 0.25) is 0 Å². The second kappa shape index (κ2) is 13.0. The van der Waals surface area contributed by atoms with Gasteiger partial charge in [0.1, 0.15) is 11.5 Å². The Hall–Kier alpha value is -3.32. The summed E-state index contributed by atoms with van der Waals surface area (Å²) in [5.41, 5.74) is 7.32. The molecule has 0 radical (unpaired) electrons. The van der Waals surface area contributed by atoms with Gasteiger partial charge in [-0.05, 0) is 47.9 Å². The maximum Gasteiger partial charge on any atom is 0.138 e. The lowest BCUT2D eigenvalue weighted by Crippen LogP contribution is -2.00. The lowest BCUT2D eigenvalue weighted by Gasteiger charge is -2.21. The largest absolute Gasteiger partial charge is 0.455 e. The molecule has 0 fully saturated rings. The van der Waals surface area contributed by atoms with E-state index in [0.717, 1.165) is 24.3 Å². The molecule has 35 heavy (non-hydrogen) atoms. The van der Waals surface area contributed by atoms with Crippen LogP contribution in [-0.4, -0.2) is 0 Å². The van der Waals surface area contributed by atoms with Crippen LogP contribution in [0.25, 0.3) is 22.3 Å². The molecule has 0 bridgehead atoms. The molecule has 180 valence electrons. The summed E-state index contributed by atoms with van der Waals surface area (Å²) in [5.74, 6) is 2.02. The molecule has 0 atom stereocenters. The van der Waals surface area contributed by atoms with Crippen LogP contribution in [0.4, 0.5) is 0 Å². The molecule has 0 aromatic heterocycles. The Morgan fingerprint density at radius 1 is 0.457 bits per heavy atom. The van der Waals surface area contributed by atoms with E-state index in [2.05, 4.69) is 111 Å². The van der Waals surface area contributed by atoms with Crippen LogP contribution in [-0.2, 0) is 12.8 Å². The number of benzene rings is 4. The smallest absolute Gasteiger partial charge is 0.138 e. The molecule has 4 aromatic rings. The molecule has 0 heterocycles. The van der Waals surface area contributed by atoms with Crippen molar-refractivity contribution in [3.05, 3.63) is 108 Å². The fourth-order valence-corrected chi connectivity index (χ4v) is 4.73. The summed E-state index contributed by atoms with van der Waals surface area (Å²) >= 11 is 0. The third-order valence-electron chi connectivity index (χ3n) is 6.67. The molecule has 4 rings (SSSR count). The highest BCUT2D eigenvalue weighted by Gasteiger charge is 2.18. The van der Waals surface area contributed by atoms with Crippen molar-refractivity contribution in [1.82, 2.24) is 0 Å². The average molecular weight is 463 g/mol. The van der Waals surface area contributed by atoms with Crippen molar-refractivity contribution >= 4 is 0 Å².